The van der Waals surface area contributed by atoms with E-state index in [0.29, 0.717) is 81.3 Å². The fourth-order valence-electron chi connectivity index (χ4n) is 5.72. The van der Waals surface area contributed by atoms with Crippen LogP contribution in [0.15, 0.2) is 46.6 Å². The smallest absolute Gasteiger partial charge is 0.414 e. The number of cyclic esters (lactones) is 2. The third-order valence-corrected chi connectivity index (χ3v) is 9.02. The number of carbonyl (C=O) groups is 2. The van der Waals surface area contributed by atoms with Gasteiger partial charge in [0.2, 0.25) is 0 Å². The molecule has 0 spiro atoms. The van der Waals surface area contributed by atoms with E-state index in [-0.39, 0.29) is 39.7 Å². The molecule has 1 N–H and O–H groups in total. The van der Waals surface area contributed by atoms with Gasteiger partial charge in [0.15, 0.2) is 0 Å². The van der Waals surface area contributed by atoms with E-state index in [1.54, 1.807) is 45.4 Å². The van der Waals surface area contributed by atoms with Crippen molar-refractivity contribution in [3.05, 3.63) is 70.9 Å². The van der Waals surface area contributed by atoms with E-state index in [9.17, 15) is 18.4 Å². The second-order valence-electron chi connectivity index (χ2n) is 12.6. The molecule has 14 nitrogen and oxygen atoms in total. The lowest BCUT2D eigenvalue weighted by Gasteiger charge is -2.27. The summed E-state index contributed by atoms with van der Waals surface area (Å²) in [4.78, 5) is 38.3. The standard InChI is InChI=1S/C18H20FN5O2S.C16H19FN4O2S.C2H2ClN.2CH4/c1-13(27)3-5-15-10-24(18(25)26-15)14-4-6-17(16(19)9-14)22-7-8-23(11-20-2)21-12-22;1-11(24)2-4-13-9-21(16(22)23-13)12-3-5-15(14(17)8-12)20-7-6-18-19-10-20;1-4-2-3;;/h4,6,9,12,15H,3,5,7-8,10-11H2,1H3;3,5,8,10,13,18H,2,4,6-7,9H2,1H3;2H2;2*1H4/t15-;13-;;;/m00.../s1. The van der Waals surface area contributed by atoms with Gasteiger partial charge in [-0.1, -0.05) is 39.3 Å². The zero-order chi connectivity index (χ0) is 39.9. The van der Waals surface area contributed by atoms with Crippen LogP contribution < -0.4 is 25.0 Å². The molecule has 2 amide bonds. The number of carbonyl (C=O) groups excluding carboxylic acids is 2. The second-order valence-corrected chi connectivity index (χ2v) is 14.2. The van der Waals surface area contributed by atoms with Gasteiger partial charge in [-0.2, -0.15) is 10.2 Å². The van der Waals surface area contributed by atoms with Gasteiger partial charge >= 0.3 is 18.9 Å². The molecule has 2 atom stereocenters. The highest BCUT2D eigenvalue weighted by Gasteiger charge is 2.34. The highest BCUT2D eigenvalue weighted by molar-refractivity contribution is 7.80. The Bertz CT molecular complexity index is 1860. The Morgan fingerprint density at radius 2 is 1.33 bits per heavy atom. The molecule has 19 heteroatoms. The summed E-state index contributed by atoms with van der Waals surface area (Å²) in [7, 11) is 0. The summed E-state index contributed by atoms with van der Waals surface area (Å²) in [5, 5.41) is 9.68. The average molecular weight is 847 g/mol. The molecule has 4 aliphatic heterocycles. The van der Waals surface area contributed by atoms with Crippen LogP contribution in [0.2, 0.25) is 0 Å². The molecule has 0 bridgehead atoms. The van der Waals surface area contributed by atoms with Gasteiger partial charge in [0.1, 0.15) is 36.5 Å². The van der Waals surface area contributed by atoms with E-state index in [4.69, 9.17) is 58.7 Å². The van der Waals surface area contributed by atoms with Crippen molar-refractivity contribution in [2.24, 2.45) is 10.2 Å². The van der Waals surface area contributed by atoms with Crippen LogP contribution in [0.4, 0.5) is 41.1 Å². The van der Waals surface area contributed by atoms with Crippen LogP contribution in [-0.4, -0.2) is 104 Å². The number of alkyl halides is 1. The molecule has 2 fully saturated rings. The summed E-state index contributed by atoms with van der Waals surface area (Å²) in [6, 6.07) is 9.49. The number of ether oxygens (including phenoxy) is 2. The monoisotopic (exact) mass is 846 g/mol. The number of hydrazone groups is 2. The Labute approximate surface area is 349 Å². The first kappa shape index (κ1) is 48.0. The van der Waals surface area contributed by atoms with E-state index in [2.05, 4.69) is 25.3 Å². The molecule has 6 rings (SSSR count). The maximum Gasteiger partial charge on any atom is 0.414 e. The van der Waals surface area contributed by atoms with E-state index < -0.39 is 23.8 Å². The molecule has 2 aromatic rings. The van der Waals surface area contributed by atoms with Crippen molar-refractivity contribution < 1.29 is 27.8 Å². The van der Waals surface area contributed by atoms with Gasteiger partial charge in [0.05, 0.1) is 48.9 Å². The fourth-order valence-corrected chi connectivity index (χ4v) is 5.95. The zero-order valence-corrected chi connectivity index (χ0v) is 32.8. The normalized spacial score (nSPS) is 17.9. The molecule has 0 aliphatic carbocycles. The third kappa shape index (κ3) is 14.1. The predicted molar refractivity (Wildman–Crippen MR) is 232 cm³/mol. The third-order valence-electron chi connectivity index (χ3n) is 8.49. The Kier molecular flexibility index (Phi) is 20.0. The lowest BCUT2D eigenvalue weighted by Crippen LogP contribution is -2.38. The van der Waals surface area contributed by atoms with Crippen molar-refractivity contribution in [3.63, 3.8) is 0 Å². The molecule has 4 heterocycles. The van der Waals surface area contributed by atoms with Crippen LogP contribution in [0.3, 0.4) is 0 Å². The molecule has 4 aliphatic rings. The predicted octanol–water partition coefficient (Wildman–Crippen LogP) is 8.31. The summed E-state index contributed by atoms with van der Waals surface area (Å²) >= 11 is 14.9. The molecule has 0 unspecified atom stereocenters. The molecule has 57 heavy (non-hydrogen) atoms. The van der Waals surface area contributed by atoms with Crippen LogP contribution in [0.5, 0.6) is 0 Å². The van der Waals surface area contributed by atoms with Crippen molar-refractivity contribution >= 4 is 93.4 Å². The van der Waals surface area contributed by atoms with E-state index in [0.717, 1.165) is 16.1 Å². The molecule has 0 aromatic heterocycles. The quantitative estimate of drug-likeness (QED) is 0.103. The van der Waals surface area contributed by atoms with Crippen molar-refractivity contribution in [1.29, 1.82) is 0 Å². The largest absolute Gasteiger partial charge is 0.444 e. The SMILES string of the molecule is C.C.CC(=S)CC[C@H]1CN(c2ccc(N3C=NNCC3)c(F)c2)C(=O)O1.[C-]#[N+]CCl.[C-]#[N+]CN1CCN(c2ccc(N3C[C@H](CCC(C)=S)OC3=O)cc2F)C=N1. The van der Waals surface area contributed by atoms with Crippen molar-refractivity contribution in [3.8, 4) is 0 Å². The summed E-state index contributed by atoms with van der Waals surface area (Å²) in [6.07, 6.45) is 4.51. The van der Waals surface area contributed by atoms with Gasteiger partial charge in [0.25, 0.3) is 6.00 Å². The Morgan fingerprint density at radius 3 is 1.70 bits per heavy atom. The molecule has 0 radical (unpaired) electrons. The number of anilines is 4. The van der Waals surface area contributed by atoms with E-state index >= 15 is 0 Å². The lowest BCUT2D eigenvalue weighted by atomic mass is 10.1. The number of nitrogens with one attached hydrogen (secondary N) is 1. The van der Waals surface area contributed by atoms with Crippen molar-refractivity contribution in [1.82, 2.24) is 10.4 Å². The fraction of sp³-hybridized carbons (Fsp3) is 0.474. The maximum atomic E-state index is 14.7. The minimum atomic E-state index is -0.469. The maximum absolute atomic E-state index is 14.7. The molecular weight excluding hydrogens is 798 g/mol. The number of hydrogen-bond donors (Lipinski definition) is 1. The van der Waals surface area contributed by atoms with E-state index in [1.807, 2.05) is 13.8 Å². The van der Waals surface area contributed by atoms with E-state index in [1.165, 1.54) is 28.3 Å². The summed E-state index contributed by atoms with van der Waals surface area (Å²) in [5.74, 6) is -0.838. The lowest BCUT2D eigenvalue weighted by molar-refractivity contribution is 0.137. The van der Waals surface area contributed by atoms with Crippen LogP contribution in [0.1, 0.15) is 54.4 Å². The van der Waals surface area contributed by atoms with Crippen LogP contribution >= 0.6 is 36.0 Å². The van der Waals surface area contributed by atoms with Gasteiger partial charge in [0, 0.05) is 13.1 Å². The molecular formula is C38H49ClF2N10O4S2. The first-order valence-electron chi connectivity index (χ1n) is 17.3. The molecule has 308 valence electrons. The second kappa shape index (κ2) is 23.8. The molecule has 2 aromatic carbocycles. The number of benzene rings is 2. The van der Waals surface area contributed by atoms with Crippen LogP contribution in [0, 0.1) is 24.8 Å². The minimum absolute atomic E-state index is 0. The summed E-state index contributed by atoms with van der Waals surface area (Å²) in [6.45, 7) is 19.9. The molecule has 0 saturated carbocycles. The van der Waals surface area contributed by atoms with Crippen molar-refractivity contribution in [2.75, 3.05) is 71.5 Å². The number of rotatable bonds is 11. The van der Waals surface area contributed by atoms with Gasteiger partial charge < -0.3 is 24.7 Å². The van der Waals surface area contributed by atoms with Crippen LogP contribution in [-0.2, 0) is 9.47 Å². The number of hydrogen-bond acceptors (Lipinski definition) is 12. The van der Waals surface area contributed by atoms with Gasteiger partial charge in [-0.3, -0.25) is 19.5 Å². The highest BCUT2D eigenvalue weighted by atomic mass is 35.5. The number of amides is 2. The molecule has 2 saturated heterocycles. The van der Waals surface area contributed by atoms with Gasteiger partial charge in [-0.05, 0) is 97.3 Å². The first-order valence-corrected chi connectivity index (χ1v) is 18.6. The van der Waals surface area contributed by atoms with Gasteiger partial charge in [-0.15, -0.1) is 0 Å². The van der Waals surface area contributed by atoms with Crippen molar-refractivity contribution in [2.45, 2.75) is 66.6 Å². The minimum Gasteiger partial charge on any atom is -0.444 e. The van der Waals surface area contributed by atoms with Crippen LogP contribution in [0.25, 0.3) is 9.69 Å². The van der Waals surface area contributed by atoms with Gasteiger partial charge in [-0.25, -0.2) is 36.5 Å². The Morgan fingerprint density at radius 1 is 0.842 bits per heavy atom. The average Bonchev–Trinajstić information content (AvgIpc) is 3.75. The highest BCUT2D eigenvalue weighted by Crippen LogP contribution is 2.30. The zero-order valence-electron chi connectivity index (χ0n) is 30.4. The summed E-state index contributed by atoms with van der Waals surface area (Å²) in [5.41, 5.74) is 4.59. The number of nitrogens with zero attached hydrogens (tertiary/aromatic N) is 9. The summed E-state index contributed by atoms with van der Waals surface area (Å²) < 4.78 is 39.8. The Balaban J connectivity index is 0.000000350. The topological polar surface area (TPSA) is 114 Å². The number of thiocarbonyl (C=S) groups is 2. The first-order chi connectivity index (χ1) is 26.4. The Hall–Kier alpha value is -5.17. The number of halogens is 3.